The number of fused-ring (bicyclic) bond motifs is 1. The first-order chi connectivity index (χ1) is 12.3. The first-order valence-corrected chi connectivity index (χ1v) is 8.31. The highest BCUT2D eigenvalue weighted by atomic mass is 19.1. The molecule has 2 unspecified atom stereocenters. The van der Waals surface area contributed by atoms with Crippen LogP contribution in [-0.4, -0.2) is 40.0 Å². The van der Waals surface area contributed by atoms with Crippen molar-refractivity contribution in [3.63, 3.8) is 0 Å². The van der Waals surface area contributed by atoms with Gasteiger partial charge in [0.1, 0.15) is 11.9 Å². The van der Waals surface area contributed by atoms with E-state index in [0.717, 1.165) is 10.9 Å². The van der Waals surface area contributed by atoms with Gasteiger partial charge in [0, 0.05) is 42.9 Å². The average molecular weight is 363 g/mol. The number of nitrogens with one attached hydrogen (secondary N) is 3. The maximum Gasteiger partial charge on any atom is 0.303 e. The Morgan fingerprint density at radius 3 is 2.65 bits per heavy atom. The summed E-state index contributed by atoms with van der Waals surface area (Å²) in [7, 11) is 0. The zero-order valence-corrected chi connectivity index (χ0v) is 14.6. The topological polar surface area (TPSA) is 111 Å². The predicted octanol–water partition coefficient (Wildman–Crippen LogP) is 1.72. The van der Waals surface area contributed by atoms with Gasteiger partial charge in [-0.15, -0.1) is 0 Å². The van der Waals surface area contributed by atoms with Crippen LogP contribution in [-0.2, 0) is 20.8 Å². The van der Waals surface area contributed by atoms with Crippen molar-refractivity contribution < 1.29 is 23.9 Å². The summed E-state index contributed by atoms with van der Waals surface area (Å²) in [4.78, 5) is 37.6. The van der Waals surface area contributed by atoms with Crippen LogP contribution >= 0.6 is 0 Å². The monoisotopic (exact) mass is 363 g/mol. The molecule has 140 valence electrons. The molecule has 0 saturated heterocycles. The van der Waals surface area contributed by atoms with Crippen molar-refractivity contribution >= 4 is 28.7 Å². The minimum absolute atomic E-state index is 0.0553. The fourth-order valence-corrected chi connectivity index (χ4v) is 2.76. The Morgan fingerprint density at radius 1 is 1.27 bits per heavy atom. The van der Waals surface area contributed by atoms with Crippen LogP contribution < -0.4 is 10.6 Å². The molecule has 0 radical (unpaired) electrons. The SMILES string of the molecule is CC(=O)NC(Cc1c[nH]c2cc(F)ccc12)C(=O)NC(C)CCC(=O)O. The molecule has 4 N–H and O–H groups in total. The molecule has 0 aliphatic carbocycles. The van der Waals surface area contributed by atoms with E-state index >= 15 is 0 Å². The predicted molar refractivity (Wildman–Crippen MR) is 94.0 cm³/mol. The van der Waals surface area contributed by atoms with Crippen molar-refractivity contribution in [3.05, 3.63) is 35.8 Å². The summed E-state index contributed by atoms with van der Waals surface area (Å²) in [6.07, 6.45) is 2.14. The van der Waals surface area contributed by atoms with Gasteiger partial charge in [-0.3, -0.25) is 14.4 Å². The number of carbonyl (C=O) groups is 3. The van der Waals surface area contributed by atoms with Crippen molar-refractivity contribution in [1.29, 1.82) is 0 Å². The number of hydrogen-bond donors (Lipinski definition) is 4. The highest BCUT2D eigenvalue weighted by Gasteiger charge is 2.23. The number of aromatic nitrogens is 1. The van der Waals surface area contributed by atoms with Crippen molar-refractivity contribution in [2.24, 2.45) is 0 Å². The summed E-state index contributed by atoms with van der Waals surface area (Å²) in [5, 5.41) is 14.8. The number of carboxylic acid groups (broad SMARTS) is 1. The molecule has 1 aromatic heterocycles. The fourth-order valence-electron chi connectivity index (χ4n) is 2.76. The number of halogens is 1. The van der Waals surface area contributed by atoms with Crippen LogP contribution in [0, 0.1) is 5.82 Å². The Labute approximate surface area is 150 Å². The minimum Gasteiger partial charge on any atom is -0.481 e. The lowest BCUT2D eigenvalue weighted by Gasteiger charge is -2.20. The summed E-state index contributed by atoms with van der Waals surface area (Å²) in [5.74, 6) is -2.05. The summed E-state index contributed by atoms with van der Waals surface area (Å²) in [6, 6.07) is 3.16. The summed E-state index contributed by atoms with van der Waals surface area (Å²) in [6.45, 7) is 3.03. The molecule has 0 saturated carbocycles. The van der Waals surface area contributed by atoms with Crippen LogP contribution in [0.3, 0.4) is 0 Å². The van der Waals surface area contributed by atoms with Gasteiger partial charge < -0.3 is 20.7 Å². The quantitative estimate of drug-likeness (QED) is 0.572. The van der Waals surface area contributed by atoms with E-state index in [-0.39, 0.29) is 30.6 Å². The number of benzene rings is 1. The molecule has 26 heavy (non-hydrogen) atoms. The van der Waals surface area contributed by atoms with Gasteiger partial charge in [-0.2, -0.15) is 0 Å². The maximum absolute atomic E-state index is 13.3. The van der Waals surface area contributed by atoms with E-state index in [1.165, 1.54) is 19.1 Å². The maximum atomic E-state index is 13.3. The summed E-state index contributed by atoms with van der Waals surface area (Å²) < 4.78 is 13.3. The lowest BCUT2D eigenvalue weighted by Crippen LogP contribution is -2.49. The Hall–Kier alpha value is -2.90. The van der Waals surface area contributed by atoms with Crippen molar-refractivity contribution in [2.75, 3.05) is 0 Å². The molecule has 8 heteroatoms. The standard InChI is InChI=1S/C18H22FN3O4/c1-10(3-6-17(24)25)21-18(26)16(22-11(2)23)7-12-9-20-15-8-13(19)4-5-14(12)15/h4-5,8-10,16,20H,3,6-7H2,1-2H3,(H,21,26)(H,22,23)(H,24,25). The van der Waals surface area contributed by atoms with E-state index in [4.69, 9.17) is 5.11 Å². The summed E-state index contributed by atoms with van der Waals surface area (Å²) in [5.41, 5.74) is 1.38. The molecule has 0 bridgehead atoms. The van der Waals surface area contributed by atoms with Crippen LogP contribution in [0.1, 0.15) is 32.3 Å². The first kappa shape index (κ1) is 19.4. The zero-order chi connectivity index (χ0) is 19.3. The van der Waals surface area contributed by atoms with Gasteiger partial charge in [-0.05, 0) is 37.1 Å². The Kier molecular flexibility index (Phi) is 6.32. The number of carboxylic acids is 1. The van der Waals surface area contributed by atoms with E-state index in [9.17, 15) is 18.8 Å². The van der Waals surface area contributed by atoms with Crippen LogP contribution in [0.15, 0.2) is 24.4 Å². The number of H-pyrrole nitrogens is 1. The zero-order valence-electron chi connectivity index (χ0n) is 14.6. The van der Waals surface area contributed by atoms with Crippen LogP contribution in [0.25, 0.3) is 10.9 Å². The number of amides is 2. The third-order valence-electron chi connectivity index (χ3n) is 4.03. The van der Waals surface area contributed by atoms with Crippen LogP contribution in [0.2, 0.25) is 0 Å². The second-order valence-corrected chi connectivity index (χ2v) is 6.30. The molecule has 2 atom stereocenters. The molecule has 2 amide bonds. The molecule has 0 fully saturated rings. The number of aliphatic carboxylic acids is 1. The smallest absolute Gasteiger partial charge is 0.303 e. The van der Waals surface area contributed by atoms with Gasteiger partial charge >= 0.3 is 5.97 Å². The molecular formula is C18H22FN3O4. The van der Waals surface area contributed by atoms with Crippen molar-refractivity contribution in [2.45, 2.75) is 45.2 Å². The number of hydrogen-bond acceptors (Lipinski definition) is 3. The molecule has 0 aliphatic rings. The highest BCUT2D eigenvalue weighted by molar-refractivity contribution is 5.89. The first-order valence-electron chi connectivity index (χ1n) is 8.31. The van der Waals surface area contributed by atoms with E-state index in [0.29, 0.717) is 11.9 Å². The third kappa shape index (κ3) is 5.30. The van der Waals surface area contributed by atoms with Gasteiger partial charge in [-0.25, -0.2) is 4.39 Å². The van der Waals surface area contributed by atoms with Gasteiger partial charge in [-0.1, -0.05) is 0 Å². The van der Waals surface area contributed by atoms with Crippen molar-refractivity contribution in [3.8, 4) is 0 Å². The Balaban J connectivity index is 2.11. The molecule has 1 heterocycles. The Morgan fingerprint density at radius 2 is 2.00 bits per heavy atom. The summed E-state index contributed by atoms with van der Waals surface area (Å²) >= 11 is 0. The largest absolute Gasteiger partial charge is 0.481 e. The van der Waals surface area contributed by atoms with E-state index in [2.05, 4.69) is 15.6 Å². The lowest BCUT2D eigenvalue weighted by molar-refractivity contribution is -0.137. The van der Waals surface area contributed by atoms with E-state index < -0.39 is 17.9 Å². The van der Waals surface area contributed by atoms with Gasteiger partial charge in [0.25, 0.3) is 0 Å². The number of carbonyl (C=O) groups excluding carboxylic acids is 2. The second-order valence-electron chi connectivity index (χ2n) is 6.30. The van der Waals surface area contributed by atoms with E-state index in [1.54, 1.807) is 19.2 Å². The fraction of sp³-hybridized carbons (Fsp3) is 0.389. The molecule has 7 nitrogen and oxygen atoms in total. The van der Waals surface area contributed by atoms with Gasteiger partial charge in [0.05, 0.1) is 0 Å². The van der Waals surface area contributed by atoms with Crippen LogP contribution in [0.4, 0.5) is 4.39 Å². The minimum atomic E-state index is -0.935. The number of rotatable bonds is 8. The lowest BCUT2D eigenvalue weighted by atomic mass is 10.0. The Bertz CT molecular complexity index is 818. The third-order valence-corrected chi connectivity index (χ3v) is 4.03. The van der Waals surface area contributed by atoms with E-state index in [1.807, 2.05) is 0 Å². The molecular weight excluding hydrogens is 341 g/mol. The number of aromatic amines is 1. The van der Waals surface area contributed by atoms with Crippen LogP contribution in [0.5, 0.6) is 0 Å². The average Bonchev–Trinajstić information content (AvgIpc) is 2.93. The molecule has 1 aromatic carbocycles. The molecule has 0 aliphatic heterocycles. The molecule has 2 rings (SSSR count). The normalized spacial score (nSPS) is 13.2. The van der Waals surface area contributed by atoms with Gasteiger partial charge in [0.15, 0.2) is 0 Å². The second kappa shape index (κ2) is 8.46. The molecule has 2 aromatic rings. The van der Waals surface area contributed by atoms with Crippen molar-refractivity contribution in [1.82, 2.24) is 15.6 Å². The molecule has 0 spiro atoms. The van der Waals surface area contributed by atoms with Gasteiger partial charge in [0.2, 0.25) is 11.8 Å². The highest BCUT2D eigenvalue weighted by Crippen LogP contribution is 2.20.